The number of carbonyl (C=O) groups is 2. The summed E-state index contributed by atoms with van der Waals surface area (Å²) in [6.07, 6.45) is 3.40. The second kappa shape index (κ2) is 6.36. The third-order valence-electron chi connectivity index (χ3n) is 3.34. The summed E-state index contributed by atoms with van der Waals surface area (Å²) in [5.41, 5.74) is 0.407. The van der Waals surface area contributed by atoms with E-state index in [1.165, 1.54) is 6.20 Å². The number of carboxylic acids is 1. The molecule has 0 bridgehead atoms. The third-order valence-corrected chi connectivity index (χ3v) is 3.34. The second-order valence-corrected chi connectivity index (χ2v) is 4.71. The summed E-state index contributed by atoms with van der Waals surface area (Å²) in [5, 5.41) is 8.91. The van der Waals surface area contributed by atoms with E-state index in [1.54, 1.807) is 19.1 Å². The van der Waals surface area contributed by atoms with Gasteiger partial charge in [-0.2, -0.15) is 0 Å². The number of carboxylic acid groups (broad SMARTS) is 1. The molecule has 108 valence electrons. The van der Waals surface area contributed by atoms with E-state index >= 15 is 0 Å². The highest BCUT2D eigenvalue weighted by Crippen LogP contribution is 2.25. The molecule has 6 heteroatoms. The molecule has 0 amide bonds. The molecule has 1 fully saturated rings. The van der Waals surface area contributed by atoms with Crippen LogP contribution in [0.5, 0.6) is 0 Å². The van der Waals surface area contributed by atoms with Crippen LogP contribution in [0.1, 0.15) is 36.5 Å². The lowest BCUT2D eigenvalue weighted by Crippen LogP contribution is -2.31. The highest BCUT2D eigenvalue weighted by Gasteiger charge is 2.27. The van der Waals surface area contributed by atoms with Gasteiger partial charge in [-0.1, -0.05) is 0 Å². The summed E-state index contributed by atoms with van der Waals surface area (Å²) in [6.45, 7) is 2.87. The molecule has 1 aliphatic heterocycles. The van der Waals surface area contributed by atoms with Gasteiger partial charge in [-0.3, -0.25) is 4.79 Å². The second-order valence-electron chi connectivity index (χ2n) is 4.71. The van der Waals surface area contributed by atoms with Crippen LogP contribution in [0, 0.1) is 0 Å². The van der Waals surface area contributed by atoms with Crippen molar-refractivity contribution < 1.29 is 19.4 Å². The Labute approximate surface area is 117 Å². The first-order valence-electron chi connectivity index (χ1n) is 6.73. The van der Waals surface area contributed by atoms with Crippen molar-refractivity contribution in [3.63, 3.8) is 0 Å². The van der Waals surface area contributed by atoms with E-state index in [4.69, 9.17) is 9.84 Å². The topological polar surface area (TPSA) is 79.7 Å². The van der Waals surface area contributed by atoms with E-state index < -0.39 is 11.9 Å². The van der Waals surface area contributed by atoms with Gasteiger partial charge in [-0.15, -0.1) is 0 Å². The van der Waals surface area contributed by atoms with Crippen LogP contribution in [0.15, 0.2) is 18.3 Å². The number of carbonyl (C=O) groups excluding carboxylic acids is 1. The van der Waals surface area contributed by atoms with Crippen LogP contribution in [0.2, 0.25) is 0 Å². The zero-order chi connectivity index (χ0) is 14.5. The third kappa shape index (κ3) is 3.26. The van der Waals surface area contributed by atoms with E-state index in [-0.39, 0.29) is 12.5 Å². The normalized spacial score (nSPS) is 18.1. The highest BCUT2D eigenvalue weighted by molar-refractivity contribution is 5.89. The molecule has 1 aromatic heterocycles. The Balaban J connectivity index is 2.09. The fourth-order valence-electron chi connectivity index (χ4n) is 2.44. The van der Waals surface area contributed by atoms with E-state index in [1.807, 2.05) is 4.90 Å². The zero-order valence-electron chi connectivity index (χ0n) is 11.4. The van der Waals surface area contributed by atoms with Gasteiger partial charge in [0.25, 0.3) is 0 Å². The molecule has 1 aromatic rings. The molecule has 2 rings (SSSR count). The fraction of sp³-hybridized carbons (Fsp3) is 0.500. The van der Waals surface area contributed by atoms with Gasteiger partial charge in [-0.05, 0) is 31.9 Å². The highest BCUT2D eigenvalue weighted by atomic mass is 16.5. The predicted molar refractivity (Wildman–Crippen MR) is 72.8 cm³/mol. The monoisotopic (exact) mass is 278 g/mol. The zero-order valence-corrected chi connectivity index (χ0v) is 11.4. The van der Waals surface area contributed by atoms with Crippen molar-refractivity contribution >= 4 is 17.8 Å². The van der Waals surface area contributed by atoms with Crippen molar-refractivity contribution in [2.24, 2.45) is 0 Å². The van der Waals surface area contributed by atoms with E-state index in [9.17, 15) is 9.59 Å². The number of esters is 1. The Morgan fingerprint density at radius 3 is 2.90 bits per heavy atom. The van der Waals surface area contributed by atoms with Crippen LogP contribution >= 0.6 is 0 Å². The number of hydrogen-bond acceptors (Lipinski definition) is 5. The lowest BCUT2D eigenvalue weighted by Gasteiger charge is -2.24. The first-order chi connectivity index (χ1) is 9.61. The molecule has 0 saturated carbocycles. The van der Waals surface area contributed by atoms with Gasteiger partial charge >= 0.3 is 11.9 Å². The molecular formula is C14H18N2O4. The number of hydrogen-bond donors (Lipinski definition) is 1. The lowest BCUT2D eigenvalue weighted by molar-refractivity contribution is -0.137. The summed E-state index contributed by atoms with van der Waals surface area (Å²) in [6, 6.07) is 3.39. The van der Waals surface area contributed by atoms with Crippen molar-refractivity contribution in [2.45, 2.75) is 32.2 Å². The van der Waals surface area contributed by atoms with Crippen molar-refractivity contribution in [1.82, 2.24) is 4.98 Å². The molecule has 0 aromatic carbocycles. The molecular weight excluding hydrogens is 260 g/mol. The average Bonchev–Trinajstić information content (AvgIpc) is 2.86. The number of aliphatic carboxylic acids is 1. The Morgan fingerprint density at radius 2 is 2.30 bits per heavy atom. The number of pyridine rings is 1. The van der Waals surface area contributed by atoms with Crippen LogP contribution in [-0.2, 0) is 9.53 Å². The Kier molecular flexibility index (Phi) is 4.55. The SMILES string of the molecule is CCOC(=O)c1ccc(N2CCCC2CC(=O)O)nc1. The Morgan fingerprint density at radius 1 is 1.50 bits per heavy atom. The molecule has 0 aliphatic carbocycles. The molecule has 1 saturated heterocycles. The summed E-state index contributed by atoms with van der Waals surface area (Å²) in [5.74, 6) is -0.484. The molecule has 1 N–H and O–H groups in total. The maximum absolute atomic E-state index is 11.5. The number of nitrogens with zero attached hydrogens (tertiary/aromatic N) is 2. The molecule has 0 spiro atoms. The first-order valence-corrected chi connectivity index (χ1v) is 6.73. The molecule has 1 atom stereocenters. The number of rotatable bonds is 5. The van der Waals surface area contributed by atoms with Gasteiger partial charge in [0.05, 0.1) is 18.6 Å². The van der Waals surface area contributed by atoms with Gasteiger partial charge in [0.15, 0.2) is 0 Å². The molecule has 1 unspecified atom stereocenters. The number of anilines is 1. The maximum Gasteiger partial charge on any atom is 0.339 e. The van der Waals surface area contributed by atoms with Crippen molar-refractivity contribution in [1.29, 1.82) is 0 Å². The molecule has 1 aliphatic rings. The molecule has 6 nitrogen and oxygen atoms in total. The van der Waals surface area contributed by atoms with E-state index in [0.717, 1.165) is 19.4 Å². The summed E-state index contributed by atoms with van der Waals surface area (Å²) in [7, 11) is 0. The van der Waals surface area contributed by atoms with E-state index in [2.05, 4.69) is 4.98 Å². The predicted octanol–water partition coefficient (Wildman–Crippen LogP) is 1.70. The van der Waals surface area contributed by atoms with Gasteiger partial charge in [0.2, 0.25) is 0 Å². The summed E-state index contributed by atoms with van der Waals surface area (Å²) < 4.78 is 4.90. The maximum atomic E-state index is 11.5. The van der Waals surface area contributed by atoms with Gasteiger partial charge < -0.3 is 14.7 Å². The minimum Gasteiger partial charge on any atom is -0.481 e. The first kappa shape index (κ1) is 14.3. The van der Waals surface area contributed by atoms with Crippen LogP contribution in [0.3, 0.4) is 0 Å². The smallest absolute Gasteiger partial charge is 0.339 e. The lowest BCUT2D eigenvalue weighted by atomic mass is 10.1. The number of ether oxygens (including phenoxy) is 1. The largest absolute Gasteiger partial charge is 0.481 e. The van der Waals surface area contributed by atoms with Crippen molar-refractivity contribution in [2.75, 3.05) is 18.1 Å². The minimum atomic E-state index is -0.801. The van der Waals surface area contributed by atoms with Crippen molar-refractivity contribution in [3.8, 4) is 0 Å². The van der Waals surface area contributed by atoms with Crippen LogP contribution in [-0.4, -0.2) is 41.2 Å². The quantitative estimate of drug-likeness (QED) is 0.826. The van der Waals surface area contributed by atoms with Gasteiger partial charge in [0, 0.05) is 18.8 Å². The summed E-state index contributed by atoms with van der Waals surface area (Å²) in [4.78, 5) is 28.6. The molecule has 0 radical (unpaired) electrons. The van der Waals surface area contributed by atoms with E-state index in [0.29, 0.717) is 18.0 Å². The summed E-state index contributed by atoms with van der Waals surface area (Å²) >= 11 is 0. The molecule has 2 heterocycles. The Hall–Kier alpha value is -2.11. The fourth-order valence-corrected chi connectivity index (χ4v) is 2.44. The average molecular weight is 278 g/mol. The van der Waals surface area contributed by atoms with Crippen molar-refractivity contribution in [3.05, 3.63) is 23.9 Å². The minimum absolute atomic E-state index is 0.0200. The van der Waals surface area contributed by atoms with Crippen LogP contribution in [0.25, 0.3) is 0 Å². The molecule has 20 heavy (non-hydrogen) atoms. The van der Waals surface area contributed by atoms with Crippen LogP contribution < -0.4 is 4.90 Å². The number of aromatic nitrogens is 1. The Bertz CT molecular complexity index is 486. The van der Waals surface area contributed by atoms with Gasteiger partial charge in [-0.25, -0.2) is 9.78 Å². The van der Waals surface area contributed by atoms with Crippen LogP contribution in [0.4, 0.5) is 5.82 Å². The van der Waals surface area contributed by atoms with Gasteiger partial charge in [0.1, 0.15) is 5.82 Å². The standard InChI is InChI=1S/C14H18N2O4/c1-2-20-14(19)10-5-6-12(15-9-10)16-7-3-4-11(16)8-13(17)18/h5-6,9,11H,2-4,7-8H2,1H3,(H,17,18).